The first-order chi connectivity index (χ1) is 6.65. The van der Waals surface area contributed by atoms with Crippen LogP contribution >= 0.6 is 0 Å². The molecule has 1 aromatic rings. The standard InChI is InChI=1S/C10H10O4/c1-2-9(11)14-8-6-4-3-5-7(8)10(12)13/h2-6,9,11H,1H2,(H,12,13). The molecule has 0 heterocycles. The molecule has 4 nitrogen and oxygen atoms in total. The highest BCUT2D eigenvalue weighted by Crippen LogP contribution is 2.18. The Kier molecular flexibility index (Phi) is 3.25. The number of hydrogen-bond acceptors (Lipinski definition) is 3. The van der Waals surface area contributed by atoms with Crippen LogP contribution in [0.25, 0.3) is 0 Å². The number of hydrogen-bond donors (Lipinski definition) is 2. The van der Waals surface area contributed by atoms with Crippen molar-refractivity contribution in [3.8, 4) is 5.75 Å². The van der Waals surface area contributed by atoms with Crippen LogP contribution in [0.2, 0.25) is 0 Å². The zero-order valence-corrected chi connectivity index (χ0v) is 7.38. The lowest BCUT2D eigenvalue weighted by atomic mass is 10.2. The van der Waals surface area contributed by atoms with Crippen LogP contribution < -0.4 is 4.74 Å². The summed E-state index contributed by atoms with van der Waals surface area (Å²) in [6.07, 6.45) is -0.0333. The first kappa shape index (κ1) is 10.3. The molecule has 0 fully saturated rings. The molecule has 1 rings (SSSR count). The number of rotatable bonds is 4. The van der Waals surface area contributed by atoms with E-state index in [0.29, 0.717) is 0 Å². The first-order valence-corrected chi connectivity index (χ1v) is 3.94. The first-order valence-electron chi connectivity index (χ1n) is 3.94. The summed E-state index contributed by atoms with van der Waals surface area (Å²) in [5.41, 5.74) is 0.00778. The van der Waals surface area contributed by atoms with E-state index in [4.69, 9.17) is 14.9 Å². The Bertz CT molecular complexity index is 346. The molecule has 0 spiro atoms. The van der Waals surface area contributed by atoms with Crippen LogP contribution in [-0.2, 0) is 0 Å². The molecule has 0 bridgehead atoms. The van der Waals surface area contributed by atoms with Gasteiger partial charge in [-0.25, -0.2) is 4.79 Å². The maximum atomic E-state index is 10.7. The van der Waals surface area contributed by atoms with Crippen molar-refractivity contribution < 1.29 is 19.7 Å². The molecule has 0 saturated carbocycles. The highest BCUT2D eigenvalue weighted by Gasteiger charge is 2.11. The second-order valence-corrected chi connectivity index (χ2v) is 2.55. The summed E-state index contributed by atoms with van der Waals surface area (Å²) in [5.74, 6) is -0.982. The molecular formula is C10H10O4. The van der Waals surface area contributed by atoms with Crippen molar-refractivity contribution >= 4 is 5.97 Å². The van der Waals surface area contributed by atoms with Crippen molar-refractivity contribution in [2.45, 2.75) is 6.29 Å². The Morgan fingerprint density at radius 3 is 2.71 bits per heavy atom. The molecule has 0 aliphatic carbocycles. The van der Waals surface area contributed by atoms with E-state index in [9.17, 15) is 4.79 Å². The lowest BCUT2D eigenvalue weighted by Crippen LogP contribution is -2.13. The molecule has 1 unspecified atom stereocenters. The van der Waals surface area contributed by atoms with Gasteiger partial charge >= 0.3 is 5.97 Å². The minimum absolute atomic E-state index is 0.00778. The van der Waals surface area contributed by atoms with E-state index in [-0.39, 0.29) is 11.3 Å². The molecule has 0 aliphatic heterocycles. The van der Waals surface area contributed by atoms with Crippen LogP contribution in [0, 0.1) is 0 Å². The minimum atomic E-state index is -1.20. The van der Waals surface area contributed by atoms with Gasteiger partial charge in [-0.05, 0) is 18.2 Å². The van der Waals surface area contributed by atoms with Gasteiger partial charge in [-0.3, -0.25) is 0 Å². The SMILES string of the molecule is C=CC(O)Oc1ccccc1C(=O)O. The van der Waals surface area contributed by atoms with Crippen LogP contribution in [0.5, 0.6) is 5.75 Å². The summed E-state index contributed by atoms with van der Waals surface area (Å²) < 4.78 is 4.91. The van der Waals surface area contributed by atoms with E-state index in [0.717, 1.165) is 0 Å². The molecule has 74 valence electrons. The molecule has 0 radical (unpaired) electrons. The molecule has 2 N–H and O–H groups in total. The fourth-order valence-corrected chi connectivity index (χ4v) is 0.924. The Morgan fingerprint density at radius 2 is 2.14 bits per heavy atom. The fourth-order valence-electron chi connectivity index (χ4n) is 0.924. The van der Waals surface area contributed by atoms with Gasteiger partial charge in [0.1, 0.15) is 11.3 Å². The highest BCUT2D eigenvalue weighted by atomic mass is 16.6. The molecule has 4 heteroatoms. The third-order valence-electron chi connectivity index (χ3n) is 1.57. The maximum Gasteiger partial charge on any atom is 0.339 e. The Labute approximate surface area is 81.1 Å². The summed E-state index contributed by atoms with van der Waals surface area (Å²) in [5, 5.41) is 17.8. The summed E-state index contributed by atoms with van der Waals surface area (Å²) >= 11 is 0. The number of carboxylic acid groups (broad SMARTS) is 1. The van der Waals surface area contributed by atoms with Gasteiger partial charge in [0.2, 0.25) is 6.29 Å². The monoisotopic (exact) mass is 194 g/mol. The Hall–Kier alpha value is -1.81. The van der Waals surface area contributed by atoms with Crippen molar-refractivity contribution in [3.63, 3.8) is 0 Å². The molecular weight excluding hydrogens is 184 g/mol. The maximum absolute atomic E-state index is 10.7. The summed E-state index contributed by atoms with van der Waals surface area (Å²) in [6.45, 7) is 3.31. The Morgan fingerprint density at radius 1 is 1.50 bits per heavy atom. The third-order valence-corrected chi connectivity index (χ3v) is 1.57. The molecule has 0 amide bonds. The van der Waals surface area contributed by atoms with Crippen LogP contribution in [0.1, 0.15) is 10.4 Å². The number of para-hydroxylation sites is 1. The van der Waals surface area contributed by atoms with E-state index in [1.807, 2.05) is 0 Å². The third kappa shape index (κ3) is 2.34. The van der Waals surface area contributed by atoms with Gasteiger partial charge in [-0.15, -0.1) is 0 Å². The highest BCUT2D eigenvalue weighted by molar-refractivity contribution is 5.90. The molecule has 1 atom stereocenters. The average Bonchev–Trinajstić information content (AvgIpc) is 2.18. The molecule has 0 aromatic heterocycles. The van der Waals surface area contributed by atoms with Crippen LogP contribution in [-0.4, -0.2) is 22.5 Å². The molecule has 0 saturated heterocycles. The van der Waals surface area contributed by atoms with Crippen molar-refractivity contribution in [3.05, 3.63) is 42.5 Å². The van der Waals surface area contributed by atoms with Gasteiger partial charge < -0.3 is 14.9 Å². The number of benzene rings is 1. The van der Waals surface area contributed by atoms with E-state index in [2.05, 4.69) is 6.58 Å². The topological polar surface area (TPSA) is 66.8 Å². The minimum Gasteiger partial charge on any atom is -0.478 e. The van der Waals surface area contributed by atoms with Gasteiger partial charge in [0.25, 0.3) is 0 Å². The second kappa shape index (κ2) is 4.43. The number of aromatic carboxylic acids is 1. The number of aliphatic hydroxyl groups excluding tert-OH is 1. The zero-order chi connectivity index (χ0) is 10.6. The largest absolute Gasteiger partial charge is 0.478 e. The number of carbonyl (C=O) groups is 1. The van der Waals surface area contributed by atoms with Crippen molar-refractivity contribution in [1.29, 1.82) is 0 Å². The van der Waals surface area contributed by atoms with Crippen molar-refractivity contribution in [2.75, 3.05) is 0 Å². The summed E-state index contributed by atoms with van der Waals surface area (Å²) in [4.78, 5) is 10.7. The number of ether oxygens (including phenoxy) is 1. The van der Waals surface area contributed by atoms with Crippen LogP contribution in [0.3, 0.4) is 0 Å². The lowest BCUT2D eigenvalue weighted by Gasteiger charge is -2.10. The summed E-state index contributed by atoms with van der Waals surface area (Å²) in [6, 6.07) is 6.07. The zero-order valence-electron chi connectivity index (χ0n) is 7.38. The fraction of sp³-hybridized carbons (Fsp3) is 0.100. The van der Waals surface area contributed by atoms with E-state index in [1.165, 1.54) is 18.2 Å². The van der Waals surface area contributed by atoms with Crippen molar-refractivity contribution in [2.24, 2.45) is 0 Å². The van der Waals surface area contributed by atoms with Crippen molar-refractivity contribution in [1.82, 2.24) is 0 Å². The van der Waals surface area contributed by atoms with Gasteiger partial charge in [0.05, 0.1) is 0 Å². The predicted molar refractivity (Wildman–Crippen MR) is 50.2 cm³/mol. The van der Waals surface area contributed by atoms with E-state index >= 15 is 0 Å². The average molecular weight is 194 g/mol. The van der Waals surface area contributed by atoms with Crippen LogP contribution in [0.15, 0.2) is 36.9 Å². The predicted octanol–water partition coefficient (Wildman–Crippen LogP) is 1.27. The Balaban J connectivity index is 2.95. The summed E-state index contributed by atoms with van der Waals surface area (Å²) in [7, 11) is 0. The number of carboxylic acids is 1. The normalized spacial score (nSPS) is 11.8. The molecule has 0 aliphatic rings. The number of aliphatic hydroxyl groups is 1. The smallest absolute Gasteiger partial charge is 0.339 e. The van der Waals surface area contributed by atoms with E-state index in [1.54, 1.807) is 12.1 Å². The van der Waals surface area contributed by atoms with Crippen LogP contribution in [0.4, 0.5) is 0 Å². The van der Waals surface area contributed by atoms with Gasteiger partial charge in [-0.1, -0.05) is 18.7 Å². The van der Waals surface area contributed by atoms with Gasteiger partial charge in [0.15, 0.2) is 0 Å². The quantitative estimate of drug-likeness (QED) is 0.559. The van der Waals surface area contributed by atoms with Gasteiger partial charge in [-0.2, -0.15) is 0 Å². The van der Waals surface area contributed by atoms with E-state index < -0.39 is 12.3 Å². The van der Waals surface area contributed by atoms with Gasteiger partial charge in [0, 0.05) is 0 Å². The second-order valence-electron chi connectivity index (χ2n) is 2.55. The lowest BCUT2D eigenvalue weighted by molar-refractivity contribution is 0.0237. The molecule has 14 heavy (non-hydrogen) atoms. The molecule has 1 aromatic carbocycles.